The summed E-state index contributed by atoms with van der Waals surface area (Å²) in [6.45, 7) is 8.73. The summed E-state index contributed by atoms with van der Waals surface area (Å²) < 4.78 is 7.90. The number of ether oxygens (including phenoxy) is 1. The van der Waals surface area contributed by atoms with E-state index in [2.05, 4.69) is 28.4 Å². The van der Waals surface area contributed by atoms with Crippen LogP contribution in [0.3, 0.4) is 0 Å². The van der Waals surface area contributed by atoms with E-state index in [4.69, 9.17) is 4.74 Å². The molecule has 0 saturated heterocycles. The molecule has 5 heteroatoms. The van der Waals surface area contributed by atoms with Crippen LogP contribution in [-0.2, 0) is 13.6 Å². The Bertz CT molecular complexity index is 631. The molecule has 0 saturated carbocycles. The van der Waals surface area contributed by atoms with Crippen molar-refractivity contribution in [1.82, 2.24) is 20.1 Å². The van der Waals surface area contributed by atoms with E-state index < -0.39 is 0 Å². The molecule has 20 heavy (non-hydrogen) atoms. The molecule has 0 unspecified atom stereocenters. The highest BCUT2D eigenvalue weighted by atomic mass is 16.5. The second-order valence-electron chi connectivity index (χ2n) is 5.12. The maximum atomic E-state index is 6.07. The molecule has 2 aromatic heterocycles. The van der Waals surface area contributed by atoms with Crippen LogP contribution >= 0.6 is 0 Å². The van der Waals surface area contributed by atoms with Gasteiger partial charge in [-0.1, -0.05) is 0 Å². The lowest BCUT2D eigenvalue weighted by molar-refractivity contribution is 0.445. The fourth-order valence-electron chi connectivity index (χ4n) is 2.30. The van der Waals surface area contributed by atoms with Gasteiger partial charge >= 0.3 is 0 Å². The Morgan fingerprint density at radius 1 is 1.25 bits per heavy atom. The summed E-state index contributed by atoms with van der Waals surface area (Å²) in [5.41, 5.74) is 5.10. The molecular weight excluding hydrogens is 252 g/mol. The predicted octanol–water partition coefficient (Wildman–Crippen LogP) is 2.56. The SMILES string of the molecule is CNCc1c(C)cc(C)nc1Oc1c(C)nn(C)c1C. The Morgan fingerprint density at radius 3 is 2.50 bits per heavy atom. The Labute approximate surface area is 120 Å². The summed E-state index contributed by atoms with van der Waals surface area (Å²) in [5.74, 6) is 1.46. The van der Waals surface area contributed by atoms with Crippen LogP contribution in [0.25, 0.3) is 0 Å². The second kappa shape index (κ2) is 5.63. The van der Waals surface area contributed by atoms with Crippen molar-refractivity contribution < 1.29 is 4.74 Å². The van der Waals surface area contributed by atoms with Gasteiger partial charge in [0, 0.05) is 24.8 Å². The molecule has 0 atom stereocenters. The highest BCUT2D eigenvalue weighted by Crippen LogP contribution is 2.30. The maximum Gasteiger partial charge on any atom is 0.224 e. The van der Waals surface area contributed by atoms with Crippen LogP contribution in [-0.4, -0.2) is 21.8 Å². The lowest BCUT2D eigenvalue weighted by Gasteiger charge is -2.13. The molecule has 0 fully saturated rings. The van der Waals surface area contributed by atoms with E-state index in [9.17, 15) is 0 Å². The first-order chi connectivity index (χ1) is 9.43. The van der Waals surface area contributed by atoms with Gasteiger partial charge in [0.25, 0.3) is 0 Å². The third kappa shape index (κ3) is 2.67. The third-order valence-electron chi connectivity index (χ3n) is 3.43. The van der Waals surface area contributed by atoms with Crippen LogP contribution in [0.1, 0.15) is 28.2 Å². The number of rotatable bonds is 4. The lowest BCUT2D eigenvalue weighted by Crippen LogP contribution is -2.10. The van der Waals surface area contributed by atoms with Gasteiger partial charge in [0.1, 0.15) is 5.69 Å². The van der Waals surface area contributed by atoms with Crippen molar-refractivity contribution >= 4 is 0 Å². The molecule has 0 radical (unpaired) electrons. The summed E-state index contributed by atoms with van der Waals surface area (Å²) in [7, 11) is 3.84. The zero-order valence-electron chi connectivity index (χ0n) is 13.0. The van der Waals surface area contributed by atoms with E-state index in [1.54, 1.807) is 0 Å². The molecule has 0 aliphatic carbocycles. The van der Waals surface area contributed by atoms with Crippen molar-refractivity contribution in [1.29, 1.82) is 0 Å². The Balaban J connectivity index is 2.47. The average molecular weight is 274 g/mol. The number of hydrogen-bond acceptors (Lipinski definition) is 4. The molecule has 0 aliphatic heterocycles. The fourth-order valence-corrected chi connectivity index (χ4v) is 2.30. The molecule has 5 nitrogen and oxygen atoms in total. The van der Waals surface area contributed by atoms with Gasteiger partial charge in [-0.2, -0.15) is 5.10 Å². The summed E-state index contributed by atoms with van der Waals surface area (Å²) in [4.78, 5) is 4.54. The molecule has 2 heterocycles. The predicted molar refractivity (Wildman–Crippen MR) is 79.2 cm³/mol. The summed E-state index contributed by atoms with van der Waals surface area (Å²) >= 11 is 0. The van der Waals surface area contributed by atoms with Gasteiger partial charge in [-0.05, 0) is 46.4 Å². The van der Waals surface area contributed by atoms with Crippen LogP contribution in [0, 0.1) is 27.7 Å². The first-order valence-electron chi connectivity index (χ1n) is 6.73. The average Bonchev–Trinajstić information content (AvgIpc) is 2.60. The van der Waals surface area contributed by atoms with E-state index in [1.165, 1.54) is 5.56 Å². The number of hydrogen-bond donors (Lipinski definition) is 1. The lowest BCUT2D eigenvalue weighted by atomic mass is 10.1. The molecule has 2 aromatic rings. The highest BCUT2D eigenvalue weighted by Gasteiger charge is 2.16. The van der Waals surface area contributed by atoms with E-state index in [0.717, 1.165) is 34.9 Å². The number of aryl methyl sites for hydroxylation is 4. The van der Waals surface area contributed by atoms with Crippen molar-refractivity contribution in [2.45, 2.75) is 34.2 Å². The normalized spacial score (nSPS) is 10.9. The number of nitrogens with zero attached hydrogens (tertiary/aromatic N) is 3. The fraction of sp³-hybridized carbons (Fsp3) is 0.467. The minimum absolute atomic E-state index is 0.663. The van der Waals surface area contributed by atoms with Gasteiger partial charge in [-0.15, -0.1) is 0 Å². The minimum atomic E-state index is 0.663. The van der Waals surface area contributed by atoms with Crippen molar-refractivity contribution in [3.8, 4) is 11.6 Å². The van der Waals surface area contributed by atoms with Gasteiger partial charge in [0.15, 0.2) is 5.75 Å². The standard InChI is InChI=1S/C15H22N4O/c1-9-7-10(2)17-15(13(9)8-16-5)20-14-11(3)18-19(6)12(14)4/h7,16H,8H2,1-6H3. The monoisotopic (exact) mass is 274 g/mol. The van der Waals surface area contributed by atoms with Gasteiger partial charge in [-0.3, -0.25) is 4.68 Å². The second-order valence-corrected chi connectivity index (χ2v) is 5.12. The van der Waals surface area contributed by atoms with E-state index in [1.807, 2.05) is 39.5 Å². The third-order valence-corrected chi connectivity index (χ3v) is 3.43. The van der Waals surface area contributed by atoms with E-state index in [-0.39, 0.29) is 0 Å². The van der Waals surface area contributed by atoms with Gasteiger partial charge < -0.3 is 10.1 Å². The minimum Gasteiger partial charge on any atom is -0.435 e. The zero-order valence-corrected chi connectivity index (χ0v) is 13.0. The van der Waals surface area contributed by atoms with Crippen molar-refractivity contribution in [3.05, 3.63) is 34.3 Å². The van der Waals surface area contributed by atoms with Gasteiger partial charge in [0.05, 0.1) is 5.69 Å². The Kier molecular flexibility index (Phi) is 4.09. The highest BCUT2D eigenvalue weighted by molar-refractivity contribution is 5.41. The van der Waals surface area contributed by atoms with Gasteiger partial charge in [0.2, 0.25) is 5.88 Å². The van der Waals surface area contributed by atoms with Crippen LogP contribution < -0.4 is 10.1 Å². The Morgan fingerprint density at radius 2 is 1.95 bits per heavy atom. The zero-order chi connectivity index (χ0) is 14.9. The van der Waals surface area contributed by atoms with Crippen LogP contribution in [0.5, 0.6) is 11.6 Å². The van der Waals surface area contributed by atoms with E-state index >= 15 is 0 Å². The van der Waals surface area contributed by atoms with Crippen molar-refractivity contribution in [2.24, 2.45) is 7.05 Å². The molecule has 0 amide bonds. The number of pyridine rings is 1. The summed E-state index contributed by atoms with van der Waals surface area (Å²) in [6, 6.07) is 2.07. The molecule has 0 aromatic carbocycles. The smallest absolute Gasteiger partial charge is 0.224 e. The molecular formula is C15H22N4O. The number of nitrogens with one attached hydrogen (secondary N) is 1. The van der Waals surface area contributed by atoms with Crippen molar-refractivity contribution in [3.63, 3.8) is 0 Å². The molecule has 0 spiro atoms. The maximum absolute atomic E-state index is 6.07. The molecule has 108 valence electrons. The molecule has 2 rings (SSSR count). The van der Waals surface area contributed by atoms with E-state index in [0.29, 0.717) is 5.88 Å². The summed E-state index contributed by atoms with van der Waals surface area (Å²) in [6.07, 6.45) is 0. The summed E-state index contributed by atoms with van der Waals surface area (Å²) in [5, 5.41) is 7.54. The topological polar surface area (TPSA) is 52.0 Å². The quantitative estimate of drug-likeness (QED) is 0.931. The molecule has 0 aliphatic rings. The largest absolute Gasteiger partial charge is 0.435 e. The molecule has 0 bridgehead atoms. The van der Waals surface area contributed by atoms with Gasteiger partial charge in [-0.25, -0.2) is 4.98 Å². The molecule has 1 N–H and O–H groups in total. The van der Waals surface area contributed by atoms with Crippen LogP contribution in [0.4, 0.5) is 0 Å². The van der Waals surface area contributed by atoms with Crippen LogP contribution in [0.2, 0.25) is 0 Å². The first-order valence-corrected chi connectivity index (χ1v) is 6.73. The first kappa shape index (κ1) is 14.5. The van der Waals surface area contributed by atoms with Crippen molar-refractivity contribution in [2.75, 3.05) is 7.05 Å². The van der Waals surface area contributed by atoms with Crippen LogP contribution in [0.15, 0.2) is 6.07 Å². The Hall–Kier alpha value is -1.88. The number of aromatic nitrogens is 3.